The molecular formula is C8H7N5O. The summed E-state index contributed by atoms with van der Waals surface area (Å²) < 4.78 is 1.60. The molecule has 6 heteroatoms. The van der Waals surface area contributed by atoms with Crippen LogP contribution in [-0.4, -0.2) is 30.6 Å². The van der Waals surface area contributed by atoms with Gasteiger partial charge in [0, 0.05) is 6.42 Å². The Morgan fingerprint density at radius 1 is 1.29 bits per heavy atom. The Hall–Kier alpha value is -1.85. The molecule has 0 amide bonds. The van der Waals surface area contributed by atoms with E-state index in [-0.39, 0.29) is 5.78 Å². The molecule has 6 nitrogen and oxygen atoms in total. The van der Waals surface area contributed by atoms with Gasteiger partial charge in [0.2, 0.25) is 0 Å². The summed E-state index contributed by atoms with van der Waals surface area (Å²) in [6.45, 7) is 0. The first kappa shape index (κ1) is 7.54. The Bertz CT molecular complexity index is 517. The average molecular weight is 189 g/mol. The molecule has 0 unspecified atom stereocenters. The van der Waals surface area contributed by atoms with Crippen LogP contribution in [0.5, 0.6) is 0 Å². The molecule has 0 saturated carbocycles. The summed E-state index contributed by atoms with van der Waals surface area (Å²) in [5, 5.41) is 11.7. The summed E-state index contributed by atoms with van der Waals surface area (Å²) in [6, 6.07) is 0. The van der Waals surface area contributed by atoms with E-state index in [2.05, 4.69) is 20.3 Å². The fourth-order valence-electron chi connectivity index (χ4n) is 1.72. The largest absolute Gasteiger partial charge is 0.292 e. The second kappa shape index (κ2) is 2.57. The Balaban J connectivity index is 2.38. The van der Waals surface area contributed by atoms with Crippen molar-refractivity contribution in [3.8, 4) is 0 Å². The molecular weight excluding hydrogens is 182 g/mol. The second-order valence-corrected chi connectivity index (χ2v) is 3.24. The molecule has 0 aromatic carbocycles. The highest BCUT2D eigenvalue weighted by molar-refractivity contribution is 5.96. The number of Topliss-reactive ketones (excluding diaryl/α,β-unsaturated/α-hetero) is 1. The van der Waals surface area contributed by atoms with Gasteiger partial charge in [-0.1, -0.05) is 0 Å². The molecule has 0 bridgehead atoms. The van der Waals surface area contributed by atoms with Crippen molar-refractivity contribution in [2.45, 2.75) is 19.3 Å². The lowest BCUT2D eigenvalue weighted by molar-refractivity contribution is 0.0964. The molecule has 0 radical (unpaired) electrons. The third kappa shape index (κ3) is 0.876. The number of fused-ring (bicyclic) bond motifs is 3. The van der Waals surface area contributed by atoms with Crippen molar-refractivity contribution in [1.82, 2.24) is 24.8 Å². The molecule has 0 aliphatic heterocycles. The third-order valence-electron chi connectivity index (χ3n) is 2.38. The van der Waals surface area contributed by atoms with Crippen LogP contribution in [0, 0.1) is 0 Å². The van der Waals surface area contributed by atoms with Crippen LogP contribution in [0.1, 0.15) is 29.0 Å². The first-order valence-corrected chi connectivity index (χ1v) is 4.45. The number of carbonyl (C=O) groups excluding carboxylic acids is 1. The number of rotatable bonds is 0. The molecule has 0 fully saturated rings. The molecule has 0 saturated heterocycles. The van der Waals surface area contributed by atoms with E-state index in [0.717, 1.165) is 18.5 Å². The smallest absolute Gasteiger partial charge is 0.271 e. The number of ketones is 1. The first-order valence-electron chi connectivity index (χ1n) is 4.45. The monoisotopic (exact) mass is 189 g/mol. The van der Waals surface area contributed by atoms with Gasteiger partial charge in [0.1, 0.15) is 6.33 Å². The Morgan fingerprint density at radius 3 is 3.14 bits per heavy atom. The van der Waals surface area contributed by atoms with Gasteiger partial charge in [0.25, 0.3) is 5.78 Å². The van der Waals surface area contributed by atoms with Gasteiger partial charge in [-0.15, -0.1) is 10.2 Å². The van der Waals surface area contributed by atoms with E-state index in [9.17, 15) is 4.79 Å². The summed E-state index contributed by atoms with van der Waals surface area (Å²) in [5.74, 6) is 0.509. The van der Waals surface area contributed by atoms with Crippen LogP contribution in [0.25, 0.3) is 5.78 Å². The van der Waals surface area contributed by atoms with Crippen LogP contribution < -0.4 is 0 Å². The van der Waals surface area contributed by atoms with Gasteiger partial charge in [-0.25, -0.2) is 0 Å². The predicted molar refractivity (Wildman–Crippen MR) is 45.8 cm³/mol. The van der Waals surface area contributed by atoms with Crippen LogP contribution in [0.3, 0.4) is 0 Å². The highest BCUT2D eigenvalue weighted by atomic mass is 16.1. The molecule has 2 aromatic rings. The Kier molecular flexibility index (Phi) is 1.38. The lowest BCUT2D eigenvalue weighted by Gasteiger charge is -2.12. The van der Waals surface area contributed by atoms with Gasteiger partial charge in [-0.3, -0.25) is 4.79 Å². The fraction of sp³-hybridized carbons (Fsp3) is 0.375. The number of aromatic nitrogens is 5. The summed E-state index contributed by atoms with van der Waals surface area (Å²) in [7, 11) is 0. The van der Waals surface area contributed by atoms with Crippen LogP contribution >= 0.6 is 0 Å². The summed E-state index contributed by atoms with van der Waals surface area (Å²) in [6.07, 6.45) is 3.65. The maximum absolute atomic E-state index is 11.5. The summed E-state index contributed by atoms with van der Waals surface area (Å²) in [5.41, 5.74) is 1.29. The van der Waals surface area contributed by atoms with Crippen molar-refractivity contribution >= 4 is 11.6 Å². The zero-order valence-electron chi connectivity index (χ0n) is 7.34. The van der Waals surface area contributed by atoms with Gasteiger partial charge in [-0.05, 0) is 12.8 Å². The summed E-state index contributed by atoms with van der Waals surface area (Å²) in [4.78, 5) is 15.4. The maximum atomic E-state index is 11.5. The standard InChI is InChI=1S/C8H7N5O/c14-6-3-1-2-5-7(6)11-12-8-9-4-10-13(5)8/h4H,1-3H2. The molecule has 1 aliphatic carbocycles. The van der Waals surface area contributed by atoms with Crippen LogP contribution in [0.15, 0.2) is 6.33 Å². The van der Waals surface area contributed by atoms with Crippen LogP contribution in [0.2, 0.25) is 0 Å². The van der Waals surface area contributed by atoms with Gasteiger partial charge in [0.05, 0.1) is 5.69 Å². The van der Waals surface area contributed by atoms with E-state index >= 15 is 0 Å². The Labute approximate surface area is 79.0 Å². The highest BCUT2D eigenvalue weighted by Crippen LogP contribution is 2.17. The first-order chi connectivity index (χ1) is 6.86. The van der Waals surface area contributed by atoms with Gasteiger partial charge in [-0.2, -0.15) is 14.6 Å². The van der Waals surface area contributed by atoms with E-state index in [4.69, 9.17) is 0 Å². The molecule has 2 aromatic heterocycles. The maximum Gasteiger partial charge on any atom is 0.271 e. The van der Waals surface area contributed by atoms with Crippen molar-refractivity contribution in [2.24, 2.45) is 0 Å². The van der Waals surface area contributed by atoms with E-state index in [1.807, 2.05) is 0 Å². The second-order valence-electron chi connectivity index (χ2n) is 3.24. The average Bonchev–Trinajstić information content (AvgIpc) is 2.66. The van der Waals surface area contributed by atoms with Crippen molar-refractivity contribution in [3.63, 3.8) is 0 Å². The molecule has 70 valence electrons. The minimum absolute atomic E-state index is 0.0520. The highest BCUT2D eigenvalue weighted by Gasteiger charge is 2.22. The van der Waals surface area contributed by atoms with E-state index in [1.165, 1.54) is 6.33 Å². The van der Waals surface area contributed by atoms with Crippen molar-refractivity contribution < 1.29 is 4.79 Å². The van der Waals surface area contributed by atoms with Gasteiger partial charge in [0.15, 0.2) is 11.5 Å². The Morgan fingerprint density at radius 2 is 2.21 bits per heavy atom. The number of hydrogen-bond acceptors (Lipinski definition) is 5. The predicted octanol–water partition coefficient (Wildman–Crippen LogP) is 0.0383. The fourth-order valence-corrected chi connectivity index (χ4v) is 1.72. The van der Waals surface area contributed by atoms with Crippen LogP contribution in [-0.2, 0) is 6.42 Å². The van der Waals surface area contributed by atoms with E-state index in [0.29, 0.717) is 17.9 Å². The minimum Gasteiger partial charge on any atom is -0.292 e. The molecule has 14 heavy (non-hydrogen) atoms. The molecule has 1 aliphatic rings. The minimum atomic E-state index is 0.0520. The van der Waals surface area contributed by atoms with Crippen LogP contribution in [0.4, 0.5) is 0 Å². The summed E-state index contributed by atoms with van der Waals surface area (Å²) >= 11 is 0. The molecule has 0 spiro atoms. The normalized spacial score (nSPS) is 15.9. The molecule has 3 rings (SSSR count). The SMILES string of the molecule is O=C1CCCc2c1nnc1ncnn21. The number of carbonyl (C=O) groups is 1. The quantitative estimate of drug-likeness (QED) is 0.585. The zero-order chi connectivity index (χ0) is 9.54. The number of aryl methyl sites for hydroxylation is 1. The number of hydrogen-bond donors (Lipinski definition) is 0. The topological polar surface area (TPSA) is 73.0 Å². The van der Waals surface area contributed by atoms with Crippen molar-refractivity contribution in [1.29, 1.82) is 0 Å². The number of nitrogens with zero attached hydrogens (tertiary/aromatic N) is 5. The lowest BCUT2D eigenvalue weighted by atomic mass is 10.00. The molecule has 2 heterocycles. The van der Waals surface area contributed by atoms with E-state index < -0.39 is 0 Å². The van der Waals surface area contributed by atoms with Crippen molar-refractivity contribution in [2.75, 3.05) is 0 Å². The molecule has 0 atom stereocenters. The van der Waals surface area contributed by atoms with Gasteiger partial charge >= 0.3 is 0 Å². The van der Waals surface area contributed by atoms with E-state index in [1.54, 1.807) is 4.52 Å². The lowest BCUT2D eigenvalue weighted by Crippen LogP contribution is -2.18. The van der Waals surface area contributed by atoms with Gasteiger partial charge < -0.3 is 0 Å². The third-order valence-corrected chi connectivity index (χ3v) is 2.38. The zero-order valence-corrected chi connectivity index (χ0v) is 7.34. The molecule has 0 N–H and O–H groups in total. The van der Waals surface area contributed by atoms with Crippen molar-refractivity contribution in [3.05, 3.63) is 17.7 Å².